The van der Waals surface area contributed by atoms with Crippen LogP contribution in [0.3, 0.4) is 0 Å². The molecule has 1 amide bonds. The van der Waals surface area contributed by atoms with E-state index < -0.39 is 0 Å². The lowest BCUT2D eigenvalue weighted by atomic mass is 10.1. The summed E-state index contributed by atoms with van der Waals surface area (Å²) in [5, 5.41) is 12.8. The molecule has 0 bridgehead atoms. The van der Waals surface area contributed by atoms with E-state index in [-0.39, 0.29) is 18.4 Å². The SMILES string of the molecule is [N-]=[N+]=NCC1CC(=O)N(Cc2ccccc2CO)C1. The number of likely N-dealkylation sites (tertiary alicyclic amines) is 1. The molecule has 0 aromatic heterocycles. The maximum atomic E-state index is 11.9. The molecule has 1 saturated heterocycles. The Morgan fingerprint density at radius 1 is 1.42 bits per heavy atom. The fourth-order valence-electron chi connectivity index (χ4n) is 2.35. The van der Waals surface area contributed by atoms with Crippen LogP contribution in [0.5, 0.6) is 0 Å². The maximum Gasteiger partial charge on any atom is 0.223 e. The van der Waals surface area contributed by atoms with E-state index in [2.05, 4.69) is 10.0 Å². The number of hydrogen-bond acceptors (Lipinski definition) is 3. The summed E-state index contributed by atoms with van der Waals surface area (Å²) in [6, 6.07) is 7.53. The van der Waals surface area contributed by atoms with Crippen molar-refractivity contribution in [3.05, 3.63) is 45.8 Å². The lowest BCUT2D eigenvalue weighted by Gasteiger charge is -2.18. The van der Waals surface area contributed by atoms with E-state index >= 15 is 0 Å². The number of carbonyl (C=O) groups is 1. The molecule has 1 aliphatic heterocycles. The monoisotopic (exact) mass is 260 g/mol. The Labute approximate surface area is 111 Å². The number of rotatable bonds is 5. The number of carbonyl (C=O) groups excluding carboxylic acids is 1. The van der Waals surface area contributed by atoms with Gasteiger partial charge in [0.15, 0.2) is 0 Å². The van der Waals surface area contributed by atoms with E-state index in [9.17, 15) is 9.90 Å². The van der Waals surface area contributed by atoms with Crippen molar-refractivity contribution in [3.63, 3.8) is 0 Å². The Kier molecular flexibility index (Phi) is 4.39. The van der Waals surface area contributed by atoms with E-state index in [1.54, 1.807) is 4.90 Å². The van der Waals surface area contributed by atoms with Crippen LogP contribution >= 0.6 is 0 Å². The minimum absolute atomic E-state index is 0.0274. The number of aliphatic hydroxyl groups is 1. The molecule has 1 aromatic carbocycles. The first-order valence-corrected chi connectivity index (χ1v) is 6.21. The maximum absolute atomic E-state index is 11.9. The smallest absolute Gasteiger partial charge is 0.223 e. The third-order valence-electron chi connectivity index (χ3n) is 3.35. The van der Waals surface area contributed by atoms with Gasteiger partial charge in [0.2, 0.25) is 5.91 Å². The molecule has 1 N–H and O–H groups in total. The Morgan fingerprint density at radius 2 is 2.16 bits per heavy atom. The standard InChI is InChI=1S/C13H16N4O2/c14-16-15-6-10-5-13(19)17(7-10)8-11-3-1-2-4-12(11)9-18/h1-4,10,18H,5-9H2. The molecule has 0 radical (unpaired) electrons. The van der Waals surface area contributed by atoms with Crippen LogP contribution in [-0.2, 0) is 17.9 Å². The first kappa shape index (κ1) is 13.4. The highest BCUT2D eigenvalue weighted by Crippen LogP contribution is 2.21. The molecule has 1 atom stereocenters. The van der Waals surface area contributed by atoms with Crippen molar-refractivity contribution in [1.82, 2.24) is 4.90 Å². The van der Waals surface area contributed by atoms with Crippen LogP contribution in [-0.4, -0.2) is 29.0 Å². The fraction of sp³-hybridized carbons (Fsp3) is 0.462. The second-order valence-corrected chi connectivity index (χ2v) is 4.68. The van der Waals surface area contributed by atoms with Crippen molar-refractivity contribution >= 4 is 5.91 Å². The summed E-state index contributed by atoms with van der Waals surface area (Å²) in [6.07, 6.45) is 0.431. The van der Waals surface area contributed by atoms with E-state index in [1.165, 1.54) is 0 Å². The zero-order chi connectivity index (χ0) is 13.7. The Hall–Kier alpha value is -2.04. The molecule has 1 unspecified atom stereocenters. The molecule has 19 heavy (non-hydrogen) atoms. The lowest BCUT2D eigenvalue weighted by Crippen LogP contribution is -2.25. The molecule has 2 rings (SSSR count). The highest BCUT2D eigenvalue weighted by Gasteiger charge is 2.29. The molecule has 6 nitrogen and oxygen atoms in total. The number of benzene rings is 1. The zero-order valence-corrected chi connectivity index (χ0v) is 10.6. The summed E-state index contributed by atoms with van der Waals surface area (Å²) in [5.74, 6) is 0.176. The number of aliphatic hydroxyl groups excluding tert-OH is 1. The summed E-state index contributed by atoms with van der Waals surface area (Å²) < 4.78 is 0. The van der Waals surface area contributed by atoms with Crippen LogP contribution in [0, 0.1) is 5.92 Å². The second-order valence-electron chi connectivity index (χ2n) is 4.68. The fourth-order valence-corrected chi connectivity index (χ4v) is 2.35. The van der Waals surface area contributed by atoms with Crippen LogP contribution in [0.1, 0.15) is 17.5 Å². The third-order valence-corrected chi connectivity index (χ3v) is 3.35. The minimum Gasteiger partial charge on any atom is -0.392 e. The van der Waals surface area contributed by atoms with Crippen LogP contribution in [0.15, 0.2) is 29.4 Å². The van der Waals surface area contributed by atoms with Crippen molar-refractivity contribution in [2.24, 2.45) is 11.0 Å². The summed E-state index contributed by atoms with van der Waals surface area (Å²) in [5.41, 5.74) is 10.1. The Bertz CT molecular complexity index is 511. The predicted molar refractivity (Wildman–Crippen MR) is 69.9 cm³/mol. The molecule has 1 aliphatic rings. The van der Waals surface area contributed by atoms with Gasteiger partial charge in [-0.1, -0.05) is 29.4 Å². The van der Waals surface area contributed by atoms with Gasteiger partial charge in [-0.3, -0.25) is 4.79 Å². The second kappa shape index (κ2) is 6.22. The van der Waals surface area contributed by atoms with Crippen LogP contribution in [0.25, 0.3) is 10.4 Å². The molecular formula is C13H16N4O2. The summed E-state index contributed by atoms with van der Waals surface area (Å²) in [7, 11) is 0. The van der Waals surface area contributed by atoms with Gasteiger partial charge in [0.25, 0.3) is 0 Å². The molecular weight excluding hydrogens is 244 g/mol. The van der Waals surface area contributed by atoms with Crippen molar-refractivity contribution in [1.29, 1.82) is 0 Å². The molecule has 1 aromatic rings. The normalized spacial score (nSPS) is 18.5. The van der Waals surface area contributed by atoms with E-state index in [4.69, 9.17) is 5.53 Å². The van der Waals surface area contributed by atoms with Gasteiger partial charge in [-0.05, 0) is 22.6 Å². The van der Waals surface area contributed by atoms with Crippen LogP contribution in [0.4, 0.5) is 0 Å². The highest BCUT2D eigenvalue weighted by atomic mass is 16.3. The molecule has 0 spiro atoms. The number of azide groups is 1. The average Bonchev–Trinajstić information content (AvgIpc) is 2.77. The number of hydrogen-bond donors (Lipinski definition) is 1. The molecule has 1 heterocycles. The minimum atomic E-state index is -0.0274. The summed E-state index contributed by atoms with van der Waals surface area (Å²) >= 11 is 0. The van der Waals surface area contributed by atoms with Gasteiger partial charge >= 0.3 is 0 Å². The van der Waals surface area contributed by atoms with Crippen molar-refractivity contribution < 1.29 is 9.90 Å². The van der Waals surface area contributed by atoms with Gasteiger partial charge in [-0.2, -0.15) is 0 Å². The third kappa shape index (κ3) is 3.24. The van der Waals surface area contributed by atoms with Gasteiger partial charge in [0, 0.05) is 31.0 Å². The van der Waals surface area contributed by atoms with Gasteiger partial charge in [0.1, 0.15) is 0 Å². The van der Waals surface area contributed by atoms with Crippen molar-refractivity contribution in [3.8, 4) is 0 Å². The van der Waals surface area contributed by atoms with E-state index in [0.29, 0.717) is 26.1 Å². The van der Waals surface area contributed by atoms with Crippen molar-refractivity contribution in [2.75, 3.05) is 13.1 Å². The van der Waals surface area contributed by atoms with Gasteiger partial charge in [-0.15, -0.1) is 0 Å². The molecule has 100 valence electrons. The predicted octanol–water partition coefficient (Wildman–Crippen LogP) is 1.84. The lowest BCUT2D eigenvalue weighted by molar-refractivity contribution is -0.128. The van der Waals surface area contributed by atoms with Gasteiger partial charge in [-0.25, -0.2) is 0 Å². The van der Waals surface area contributed by atoms with Crippen LogP contribution in [0.2, 0.25) is 0 Å². The number of amides is 1. The molecule has 6 heteroatoms. The highest BCUT2D eigenvalue weighted by molar-refractivity contribution is 5.78. The summed E-state index contributed by atoms with van der Waals surface area (Å²) in [6.45, 7) is 1.45. The quantitative estimate of drug-likeness (QED) is 0.497. The first-order chi connectivity index (χ1) is 9.24. The largest absolute Gasteiger partial charge is 0.392 e. The summed E-state index contributed by atoms with van der Waals surface area (Å²) in [4.78, 5) is 16.4. The number of nitrogens with zero attached hydrogens (tertiary/aromatic N) is 4. The van der Waals surface area contributed by atoms with E-state index in [1.807, 2.05) is 24.3 Å². The topological polar surface area (TPSA) is 89.3 Å². The molecule has 0 saturated carbocycles. The Morgan fingerprint density at radius 3 is 2.84 bits per heavy atom. The Balaban J connectivity index is 2.03. The van der Waals surface area contributed by atoms with Crippen molar-refractivity contribution in [2.45, 2.75) is 19.6 Å². The van der Waals surface area contributed by atoms with E-state index in [0.717, 1.165) is 11.1 Å². The zero-order valence-electron chi connectivity index (χ0n) is 10.6. The average molecular weight is 260 g/mol. The van der Waals surface area contributed by atoms with Gasteiger partial charge < -0.3 is 10.0 Å². The first-order valence-electron chi connectivity index (χ1n) is 6.21. The van der Waals surface area contributed by atoms with Crippen LogP contribution < -0.4 is 0 Å². The molecule has 0 aliphatic carbocycles. The van der Waals surface area contributed by atoms with Gasteiger partial charge in [0.05, 0.1) is 6.61 Å². The molecule has 1 fully saturated rings.